The zero-order valence-corrected chi connectivity index (χ0v) is 10.4. The van der Waals surface area contributed by atoms with Gasteiger partial charge in [-0.1, -0.05) is 0 Å². The number of rotatable bonds is 1. The van der Waals surface area contributed by atoms with Gasteiger partial charge in [0, 0.05) is 10.6 Å². The summed E-state index contributed by atoms with van der Waals surface area (Å²) in [6.45, 7) is 6.10. The molecule has 0 amide bonds. The lowest BCUT2D eigenvalue weighted by Gasteiger charge is -2.19. The molecule has 0 N–H and O–H groups in total. The summed E-state index contributed by atoms with van der Waals surface area (Å²) in [7, 11) is 0. The highest BCUT2D eigenvalue weighted by atomic mass is 32.1. The normalized spacial score (nSPS) is 14.2. The molecule has 0 unspecified atom stereocenters. The molecule has 0 aromatic carbocycles. The SMILES string of the molecule is CC(C)(C)OC(=O)c1csc2c1=CCOC=2. The van der Waals surface area contributed by atoms with E-state index >= 15 is 0 Å². The van der Waals surface area contributed by atoms with Crippen LogP contribution in [0.5, 0.6) is 0 Å². The van der Waals surface area contributed by atoms with E-state index in [1.54, 1.807) is 6.26 Å². The molecule has 0 atom stereocenters. The average Bonchev–Trinajstić information content (AvgIpc) is 2.58. The van der Waals surface area contributed by atoms with E-state index < -0.39 is 5.60 Å². The quantitative estimate of drug-likeness (QED) is 0.691. The first-order valence-corrected chi connectivity index (χ1v) is 5.98. The predicted octanol–water partition coefficient (Wildman–Crippen LogP) is 1.25. The van der Waals surface area contributed by atoms with E-state index in [0.29, 0.717) is 12.2 Å². The van der Waals surface area contributed by atoms with Crippen molar-refractivity contribution >= 4 is 29.6 Å². The summed E-state index contributed by atoms with van der Waals surface area (Å²) >= 11 is 1.49. The van der Waals surface area contributed by atoms with E-state index in [1.165, 1.54) is 11.3 Å². The number of esters is 1. The van der Waals surface area contributed by atoms with Gasteiger partial charge in [-0.3, -0.25) is 0 Å². The van der Waals surface area contributed by atoms with E-state index in [1.807, 2.05) is 32.2 Å². The van der Waals surface area contributed by atoms with Crippen LogP contribution in [-0.4, -0.2) is 18.2 Å². The Labute approximate surface area is 98.0 Å². The van der Waals surface area contributed by atoms with Gasteiger partial charge in [-0.25, -0.2) is 4.79 Å². The Morgan fingerprint density at radius 2 is 2.25 bits per heavy atom. The molecule has 0 saturated heterocycles. The minimum Gasteiger partial charge on any atom is -0.496 e. The van der Waals surface area contributed by atoms with Crippen LogP contribution in [0.1, 0.15) is 31.1 Å². The van der Waals surface area contributed by atoms with Crippen molar-refractivity contribution in [2.24, 2.45) is 0 Å². The van der Waals surface area contributed by atoms with Crippen LogP contribution >= 0.6 is 11.3 Å². The number of fused-ring (bicyclic) bond motifs is 1. The molecule has 2 heterocycles. The first-order chi connectivity index (χ1) is 7.47. The fourth-order valence-corrected chi connectivity index (χ4v) is 2.34. The van der Waals surface area contributed by atoms with Gasteiger partial charge in [-0.2, -0.15) is 0 Å². The summed E-state index contributed by atoms with van der Waals surface area (Å²) in [4.78, 5) is 11.9. The van der Waals surface area contributed by atoms with Gasteiger partial charge in [0.2, 0.25) is 0 Å². The predicted molar refractivity (Wildman–Crippen MR) is 63.6 cm³/mol. The van der Waals surface area contributed by atoms with Crippen LogP contribution in [0.15, 0.2) is 5.38 Å². The molecule has 1 aromatic heterocycles. The number of carbonyl (C=O) groups is 1. The van der Waals surface area contributed by atoms with Gasteiger partial charge in [-0.05, 0) is 26.8 Å². The van der Waals surface area contributed by atoms with Crippen LogP contribution in [0.4, 0.5) is 0 Å². The Kier molecular flexibility index (Phi) is 2.76. The van der Waals surface area contributed by atoms with Crippen molar-refractivity contribution in [3.63, 3.8) is 0 Å². The Hall–Kier alpha value is -1.29. The highest BCUT2D eigenvalue weighted by Crippen LogP contribution is 2.10. The third-order valence-corrected chi connectivity index (χ3v) is 2.98. The lowest BCUT2D eigenvalue weighted by atomic mass is 10.2. The van der Waals surface area contributed by atoms with Crippen LogP contribution in [-0.2, 0) is 9.47 Å². The van der Waals surface area contributed by atoms with E-state index in [9.17, 15) is 4.79 Å². The van der Waals surface area contributed by atoms with E-state index in [2.05, 4.69) is 0 Å². The molecule has 1 aromatic rings. The van der Waals surface area contributed by atoms with Gasteiger partial charge in [0.25, 0.3) is 0 Å². The summed E-state index contributed by atoms with van der Waals surface area (Å²) in [6.07, 6.45) is 3.60. The molecule has 16 heavy (non-hydrogen) atoms. The average molecular weight is 238 g/mol. The van der Waals surface area contributed by atoms with Crippen LogP contribution < -0.4 is 9.75 Å². The van der Waals surface area contributed by atoms with Crippen molar-refractivity contribution < 1.29 is 14.3 Å². The van der Waals surface area contributed by atoms with Crippen LogP contribution in [0.25, 0.3) is 12.3 Å². The number of hydrogen-bond donors (Lipinski definition) is 0. The maximum atomic E-state index is 11.9. The van der Waals surface area contributed by atoms with Crippen molar-refractivity contribution in [2.75, 3.05) is 6.61 Å². The lowest BCUT2D eigenvalue weighted by Crippen LogP contribution is -2.31. The van der Waals surface area contributed by atoms with Gasteiger partial charge in [-0.15, -0.1) is 11.3 Å². The zero-order chi connectivity index (χ0) is 11.8. The second kappa shape index (κ2) is 3.94. The molecular weight excluding hydrogens is 224 g/mol. The molecule has 3 nitrogen and oxygen atoms in total. The molecule has 0 saturated carbocycles. The number of thiophene rings is 1. The number of carbonyl (C=O) groups excluding carboxylic acids is 1. The molecule has 0 radical (unpaired) electrons. The third-order valence-electron chi connectivity index (χ3n) is 2.05. The second-order valence-electron chi connectivity index (χ2n) is 4.58. The van der Waals surface area contributed by atoms with Crippen molar-refractivity contribution in [2.45, 2.75) is 26.4 Å². The number of ether oxygens (including phenoxy) is 2. The summed E-state index contributed by atoms with van der Waals surface area (Å²) in [5.41, 5.74) is 0.176. The lowest BCUT2D eigenvalue weighted by molar-refractivity contribution is 0.00688. The molecular formula is C12H14O3S. The summed E-state index contributed by atoms with van der Waals surface area (Å²) in [5, 5.41) is 2.76. The largest absolute Gasteiger partial charge is 0.496 e. The Morgan fingerprint density at radius 3 is 2.94 bits per heavy atom. The molecule has 1 aliphatic heterocycles. The smallest absolute Gasteiger partial charge is 0.340 e. The second-order valence-corrected chi connectivity index (χ2v) is 5.50. The van der Waals surface area contributed by atoms with E-state index in [0.717, 1.165) is 9.75 Å². The topological polar surface area (TPSA) is 35.5 Å². The first kappa shape index (κ1) is 11.2. The third kappa shape index (κ3) is 2.27. The maximum Gasteiger partial charge on any atom is 0.340 e. The maximum absolute atomic E-state index is 11.9. The molecule has 86 valence electrons. The number of hydrogen-bond acceptors (Lipinski definition) is 4. The van der Waals surface area contributed by atoms with E-state index in [-0.39, 0.29) is 5.97 Å². The Bertz CT molecular complexity index is 519. The fourth-order valence-electron chi connectivity index (χ4n) is 1.43. The zero-order valence-electron chi connectivity index (χ0n) is 9.57. The minimum absolute atomic E-state index is 0.267. The molecule has 0 fully saturated rings. The van der Waals surface area contributed by atoms with Crippen LogP contribution in [0, 0.1) is 0 Å². The molecule has 0 bridgehead atoms. The monoisotopic (exact) mass is 238 g/mol. The summed E-state index contributed by atoms with van der Waals surface area (Å²) < 4.78 is 11.5. The van der Waals surface area contributed by atoms with E-state index in [4.69, 9.17) is 9.47 Å². The van der Waals surface area contributed by atoms with Gasteiger partial charge in [0.05, 0.1) is 10.1 Å². The van der Waals surface area contributed by atoms with Crippen LogP contribution in [0.2, 0.25) is 0 Å². The Morgan fingerprint density at radius 1 is 1.50 bits per heavy atom. The van der Waals surface area contributed by atoms with Crippen molar-refractivity contribution in [1.29, 1.82) is 0 Å². The summed E-state index contributed by atoms with van der Waals surface area (Å²) in [6, 6.07) is 0. The highest BCUT2D eigenvalue weighted by molar-refractivity contribution is 7.08. The van der Waals surface area contributed by atoms with Crippen molar-refractivity contribution in [1.82, 2.24) is 0 Å². The van der Waals surface area contributed by atoms with Crippen molar-refractivity contribution in [3.05, 3.63) is 20.7 Å². The molecule has 2 rings (SSSR count). The standard InChI is InChI=1S/C12H14O3S/c1-12(2,3)15-11(13)9-7-16-10-6-14-5-4-8(9)10/h4,6-7H,5H2,1-3H3. The highest BCUT2D eigenvalue weighted by Gasteiger charge is 2.20. The summed E-state index contributed by atoms with van der Waals surface area (Å²) in [5.74, 6) is -0.267. The van der Waals surface area contributed by atoms with Crippen LogP contribution in [0.3, 0.4) is 0 Å². The minimum atomic E-state index is -0.458. The van der Waals surface area contributed by atoms with Gasteiger partial charge >= 0.3 is 5.97 Å². The molecule has 4 heteroatoms. The fraction of sp³-hybridized carbons (Fsp3) is 0.417. The first-order valence-electron chi connectivity index (χ1n) is 5.10. The van der Waals surface area contributed by atoms with Gasteiger partial charge in [0.15, 0.2) is 0 Å². The Balaban J connectivity index is 2.36. The van der Waals surface area contributed by atoms with Gasteiger partial charge in [0.1, 0.15) is 18.5 Å². The molecule has 1 aliphatic rings. The molecule has 0 spiro atoms. The van der Waals surface area contributed by atoms with Gasteiger partial charge < -0.3 is 9.47 Å². The molecule has 0 aliphatic carbocycles. The van der Waals surface area contributed by atoms with Crippen molar-refractivity contribution in [3.8, 4) is 0 Å².